The van der Waals surface area contributed by atoms with Crippen molar-refractivity contribution in [3.63, 3.8) is 0 Å². The molecule has 0 N–H and O–H groups in total. The predicted molar refractivity (Wildman–Crippen MR) is 75.0 cm³/mol. The summed E-state index contributed by atoms with van der Waals surface area (Å²) in [5.74, 6) is -0.193. The van der Waals surface area contributed by atoms with Gasteiger partial charge in [0.1, 0.15) is 5.82 Å². The van der Waals surface area contributed by atoms with Crippen molar-refractivity contribution in [1.82, 2.24) is 0 Å². The standard InChI is InChI=1S/C17H17F/c1-2-3-4-5-14-6-8-15(9-7-14)16-10-12-17(18)13-11-16/h2-3,6-13H,4-5H2,1H3/b3-2+. The molecule has 0 amide bonds. The number of benzene rings is 2. The predicted octanol–water partition coefficient (Wildman–Crippen LogP) is 5.00. The molecule has 0 nitrogen and oxygen atoms in total. The van der Waals surface area contributed by atoms with Gasteiger partial charge in [-0.05, 0) is 48.6 Å². The molecule has 2 aromatic carbocycles. The fourth-order valence-corrected chi connectivity index (χ4v) is 1.92. The van der Waals surface area contributed by atoms with E-state index in [2.05, 4.69) is 36.4 Å². The van der Waals surface area contributed by atoms with E-state index in [1.54, 1.807) is 0 Å². The van der Waals surface area contributed by atoms with E-state index in [9.17, 15) is 4.39 Å². The lowest BCUT2D eigenvalue weighted by Crippen LogP contribution is -1.84. The third kappa shape index (κ3) is 3.30. The van der Waals surface area contributed by atoms with Crippen LogP contribution < -0.4 is 0 Å². The lowest BCUT2D eigenvalue weighted by Gasteiger charge is -2.03. The van der Waals surface area contributed by atoms with Gasteiger partial charge in [-0.2, -0.15) is 0 Å². The number of hydrogen-bond acceptors (Lipinski definition) is 0. The molecule has 1 heteroatoms. The van der Waals surface area contributed by atoms with E-state index in [4.69, 9.17) is 0 Å². The van der Waals surface area contributed by atoms with E-state index < -0.39 is 0 Å². The first kappa shape index (κ1) is 12.6. The van der Waals surface area contributed by atoms with Crippen molar-refractivity contribution in [1.29, 1.82) is 0 Å². The summed E-state index contributed by atoms with van der Waals surface area (Å²) in [6.45, 7) is 2.04. The molecule has 0 spiro atoms. The number of aryl methyl sites for hydroxylation is 1. The second-order valence-electron chi connectivity index (χ2n) is 4.31. The van der Waals surface area contributed by atoms with Gasteiger partial charge in [0.05, 0.1) is 0 Å². The molecule has 0 aliphatic rings. The molecule has 2 rings (SSSR count). The van der Waals surface area contributed by atoms with E-state index in [1.165, 1.54) is 17.7 Å². The molecular weight excluding hydrogens is 223 g/mol. The molecule has 0 aromatic heterocycles. The third-order valence-electron chi connectivity index (χ3n) is 2.97. The van der Waals surface area contributed by atoms with Gasteiger partial charge < -0.3 is 0 Å². The first-order chi connectivity index (χ1) is 8.79. The Labute approximate surface area is 108 Å². The largest absolute Gasteiger partial charge is 0.207 e. The summed E-state index contributed by atoms with van der Waals surface area (Å²) < 4.78 is 12.8. The Hall–Kier alpha value is -1.89. The number of allylic oxidation sites excluding steroid dienone is 2. The summed E-state index contributed by atoms with van der Waals surface area (Å²) >= 11 is 0. The van der Waals surface area contributed by atoms with Crippen molar-refractivity contribution in [2.45, 2.75) is 19.8 Å². The zero-order valence-corrected chi connectivity index (χ0v) is 10.6. The second kappa shape index (κ2) is 6.15. The minimum absolute atomic E-state index is 0.193. The van der Waals surface area contributed by atoms with Gasteiger partial charge in [0, 0.05) is 0 Å². The molecule has 0 unspecified atom stereocenters. The number of halogens is 1. The van der Waals surface area contributed by atoms with Crippen LogP contribution in [0.15, 0.2) is 60.7 Å². The Balaban J connectivity index is 2.09. The van der Waals surface area contributed by atoms with Gasteiger partial charge in [-0.3, -0.25) is 0 Å². The topological polar surface area (TPSA) is 0 Å². The molecule has 0 bridgehead atoms. The zero-order chi connectivity index (χ0) is 12.8. The summed E-state index contributed by atoms with van der Waals surface area (Å²) in [6.07, 6.45) is 6.39. The molecule has 0 atom stereocenters. The van der Waals surface area contributed by atoms with Crippen LogP contribution in [0.5, 0.6) is 0 Å². The van der Waals surface area contributed by atoms with Crippen LogP contribution in [0.1, 0.15) is 18.9 Å². The molecule has 0 fully saturated rings. The number of rotatable bonds is 4. The van der Waals surface area contributed by atoms with Crippen LogP contribution in [0.3, 0.4) is 0 Å². The van der Waals surface area contributed by atoms with Gasteiger partial charge in [-0.15, -0.1) is 0 Å². The maximum absolute atomic E-state index is 12.8. The smallest absolute Gasteiger partial charge is 0.123 e. The first-order valence-electron chi connectivity index (χ1n) is 6.25. The quantitative estimate of drug-likeness (QED) is 0.659. The monoisotopic (exact) mass is 240 g/mol. The van der Waals surface area contributed by atoms with Gasteiger partial charge in [0.2, 0.25) is 0 Å². The van der Waals surface area contributed by atoms with Crippen molar-refractivity contribution < 1.29 is 4.39 Å². The van der Waals surface area contributed by atoms with Crippen LogP contribution >= 0.6 is 0 Å². The average molecular weight is 240 g/mol. The SMILES string of the molecule is C/C=C/CCc1ccc(-c2ccc(F)cc2)cc1. The van der Waals surface area contributed by atoms with E-state index in [1.807, 2.05) is 19.1 Å². The fourth-order valence-electron chi connectivity index (χ4n) is 1.92. The lowest BCUT2D eigenvalue weighted by atomic mass is 10.0. The van der Waals surface area contributed by atoms with Crippen molar-refractivity contribution in [3.8, 4) is 11.1 Å². The summed E-state index contributed by atoms with van der Waals surface area (Å²) in [5, 5.41) is 0. The van der Waals surface area contributed by atoms with Gasteiger partial charge >= 0.3 is 0 Å². The van der Waals surface area contributed by atoms with E-state index in [0.29, 0.717) is 0 Å². The Bertz CT molecular complexity index is 506. The van der Waals surface area contributed by atoms with Gasteiger partial charge in [-0.1, -0.05) is 48.6 Å². The van der Waals surface area contributed by atoms with Crippen LogP contribution in [0, 0.1) is 5.82 Å². The van der Waals surface area contributed by atoms with Crippen LogP contribution in [0.2, 0.25) is 0 Å². The molecule has 2 aromatic rings. The van der Waals surface area contributed by atoms with Crippen LogP contribution in [-0.4, -0.2) is 0 Å². The van der Waals surface area contributed by atoms with Crippen LogP contribution in [0.4, 0.5) is 4.39 Å². The Kier molecular flexibility index (Phi) is 4.30. The third-order valence-corrected chi connectivity index (χ3v) is 2.97. The van der Waals surface area contributed by atoms with Gasteiger partial charge in [-0.25, -0.2) is 4.39 Å². The highest BCUT2D eigenvalue weighted by Gasteiger charge is 1.98. The molecule has 0 saturated heterocycles. The first-order valence-corrected chi connectivity index (χ1v) is 6.25. The van der Waals surface area contributed by atoms with Crippen molar-refractivity contribution in [2.24, 2.45) is 0 Å². The fraction of sp³-hybridized carbons (Fsp3) is 0.176. The van der Waals surface area contributed by atoms with E-state index >= 15 is 0 Å². The molecule has 0 saturated carbocycles. The minimum atomic E-state index is -0.193. The molecule has 0 heterocycles. The van der Waals surface area contributed by atoms with Crippen LogP contribution in [-0.2, 0) is 6.42 Å². The maximum atomic E-state index is 12.8. The summed E-state index contributed by atoms with van der Waals surface area (Å²) in [5.41, 5.74) is 3.51. The molecule has 18 heavy (non-hydrogen) atoms. The molecule has 0 aliphatic carbocycles. The highest BCUT2D eigenvalue weighted by Crippen LogP contribution is 2.20. The van der Waals surface area contributed by atoms with Gasteiger partial charge in [0.25, 0.3) is 0 Å². The lowest BCUT2D eigenvalue weighted by molar-refractivity contribution is 0.628. The normalized spacial score (nSPS) is 11.0. The summed E-state index contributed by atoms with van der Waals surface area (Å²) in [7, 11) is 0. The molecule has 0 aliphatic heterocycles. The minimum Gasteiger partial charge on any atom is -0.207 e. The van der Waals surface area contributed by atoms with Crippen molar-refractivity contribution in [3.05, 3.63) is 72.1 Å². The second-order valence-corrected chi connectivity index (χ2v) is 4.31. The average Bonchev–Trinajstić information content (AvgIpc) is 2.41. The van der Waals surface area contributed by atoms with E-state index in [0.717, 1.165) is 24.0 Å². The highest BCUT2D eigenvalue weighted by molar-refractivity contribution is 5.63. The van der Waals surface area contributed by atoms with Gasteiger partial charge in [0.15, 0.2) is 0 Å². The Morgan fingerprint density at radius 1 is 0.889 bits per heavy atom. The molecule has 92 valence electrons. The number of hydrogen-bond donors (Lipinski definition) is 0. The molecule has 0 radical (unpaired) electrons. The van der Waals surface area contributed by atoms with Crippen LogP contribution in [0.25, 0.3) is 11.1 Å². The van der Waals surface area contributed by atoms with E-state index in [-0.39, 0.29) is 5.82 Å². The Morgan fingerprint density at radius 2 is 1.44 bits per heavy atom. The molecular formula is C17H17F. The summed E-state index contributed by atoms with van der Waals surface area (Å²) in [4.78, 5) is 0. The maximum Gasteiger partial charge on any atom is 0.123 e. The van der Waals surface area contributed by atoms with Crippen molar-refractivity contribution in [2.75, 3.05) is 0 Å². The van der Waals surface area contributed by atoms with Crippen molar-refractivity contribution >= 4 is 0 Å². The Morgan fingerprint density at radius 3 is 2.00 bits per heavy atom. The zero-order valence-electron chi connectivity index (χ0n) is 10.6. The summed E-state index contributed by atoms with van der Waals surface area (Å²) in [6, 6.07) is 15.1. The highest BCUT2D eigenvalue weighted by atomic mass is 19.1.